The summed E-state index contributed by atoms with van der Waals surface area (Å²) in [6.45, 7) is 2.25. The summed E-state index contributed by atoms with van der Waals surface area (Å²) in [5.41, 5.74) is 5.76. The molecular formula is C30H29N3O2. The molecule has 2 N–H and O–H groups in total. The van der Waals surface area contributed by atoms with Crippen LogP contribution in [0.5, 0.6) is 0 Å². The van der Waals surface area contributed by atoms with Gasteiger partial charge in [0.1, 0.15) is 6.04 Å². The number of benzene rings is 3. The first-order valence-electron chi connectivity index (χ1n) is 12.4. The zero-order valence-electron chi connectivity index (χ0n) is 19.8. The van der Waals surface area contributed by atoms with Gasteiger partial charge in [-0.25, -0.2) is 4.79 Å². The molecule has 5 heteroatoms. The van der Waals surface area contributed by atoms with Crippen LogP contribution in [0.4, 0.5) is 5.69 Å². The van der Waals surface area contributed by atoms with Crippen molar-refractivity contribution in [3.8, 4) is 0 Å². The Bertz CT molecular complexity index is 1470. The number of piperidine rings is 1. The first-order chi connectivity index (χ1) is 17.2. The lowest BCUT2D eigenvalue weighted by atomic mass is 9.79. The molecule has 0 bridgehead atoms. The molecular weight excluding hydrogens is 434 g/mol. The Labute approximate surface area is 204 Å². The summed E-state index contributed by atoms with van der Waals surface area (Å²) < 4.78 is 5.64. The van der Waals surface area contributed by atoms with E-state index in [9.17, 15) is 4.79 Å². The van der Waals surface area contributed by atoms with Crippen LogP contribution in [0.1, 0.15) is 42.9 Å². The van der Waals surface area contributed by atoms with Crippen LogP contribution < -0.4 is 4.90 Å². The summed E-state index contributed by atoms with van der Waals surface area (Å²) >= 11 is 0. The van der Waals surface area contributed by atoms with E-state index in [0.717, 1.165) is 23.1 Å². The Morgan fingerprint density at radius 3 is 2.11 bits per heavy atom. The number of ether oxygens (including phenoxy) is 1. The highest BCUT2D eigenvalue weighted by atomic mass is 16.5. The van der Waals surface area contributed by atoms with Crippen molar-refractivity contribution in [2.75, 3.05) is 11.5 Å². The predicted octanol–water partition coefficient (Wildman–Crippen LogP) is 6.71. The fourth-order valence-electron chi connectivity index (χ4n) is 5.82. The minimum Gasteiger partial charge on any atom is -0.464 e. The van der Waals surface area contributed by atoms with Crippen LogP contribution in [0, 0.1) is 0 Å². The number of carbonyl (C=O) groups is 1. The Hall–Kier alpha value is -3.99. The van der Waals surface area contributed by atoms with E-state index in [1.807, 2.05) is 25.1 Å². The molecule has 0 amide bonds. The SMILES string of the molecule is CCOC(=O)[C@@H]1C[C@@H](c2c[nH]c3ccccc23)C[C@@H](c2c[nH]c3ccccc23)N1c1ccccc1. The Balaban J connectivity index is 1.52. The summed E-state index contributed by atoms with van der Waals surface area (Å²) in [5.74, 6) is 0.0462. The Morgan fingerprint density at radius 2 is 1.43 bits per heavy atom. The minimum atomic E-state index is -0.386. The van der Waals surface area contributed by atoms with E-state index in [2.05, 4.69) is 87.9 Å². The number of nitrogens with zero attached hydrogens (tertiary/aromatic N) is 1. The second kappa shape index (κ2) is 8.99. The number of fused-ring (bicyclic) bond motifs is 2. The average Bonchev–Trinajstić information content (AvgIpc) is 3.53. The average molecular weight is 464 g/mol. The van der Waals surface area contributed by atoms with Crippen LogP contribution in [0.3, 0.4) is 0 Å². The zero-order chi connectivity index (χ0) is 23.8. The highest BCUT2D eigenvalue weighted by Crippen LogP contribution is 2.47. The summed E-state index contributed by atoms with van der Waals surface area (Å²) in [7, 11) is 0. The molecule has 0 unspecified atom stereocenters. The van der Waals surface area contributed by atoms with Crippen LogP contribution in [0.2, 0.25) is 0 Å². The van der Waals surface area contributed by atoms with E-state index in [0.29, 0.717) is 13.0 Å². The van der Waals surface area contributed by atoms with E-state index in [1.165, 1.54) is 21.9 Å². The van der Waals surface area contributed by atoms with Gasteiger partial charge in [0.25, 0.3) is 0 Å². The highest BCUT2D eigenvalue weighted by molar-refractivity contribution is 5.87. The van der Waals surface area contributed by atoms with E-state index >= 15 is 0 Å². The largest absolute Gasteiger partial charge is 0.464 e. The van der Waals surface area contributed by atoms with Crippen molar-refractivity contribution >= 4 is 33.5 Å². The molecule has 0 radical (unpaired) electrons. The Kier molecular flexibility index (Phi) is 5.53. The standard InChI is InChI=1S/C30H29N3O2/c1-2-35-30(34)29-17-20(24-18-31-26-14-8-6-12-22(24)26)16-28(33(29)21-10-4-3-5-11-21)25-19-32-27-15-9-7-13-23(25)27/h3-15,18-20,28-29,31-32H,2,16-17H2,1H3/t20-,28-,29-/m0/s1. The molecule has 5 aromatic rings. The molecule has 176 valence electrons. The molecule has 3 atom stereocenters. The molecule has 1 saturated heterocycles. The summed E-state index contributed by atoms with van der Waals surface area (Å²) in [6.07, 6.45) is 5.84. The molecule has 1 fully saturated rings. The maximum absolute atomic E-state index is 13.5. The smallest absolute Gasteiger partial charge is 0.328 e. The van der Waals surface area contributed by atoms with Gasteiger partial charge in [0.05, 0.1) is 12.6 Å². The van der Waals surface area contributed by atoms with Crippen molar-refractivity contribution in [1.82, 2.24) is 9.97 Å². The van der Waals surface area contributed by atoms with Crippen LogP contribution in [-0.4, -0.2) is 28.6 Å². The highest BCUT2D eigenvalue weighted by Gasteiger charge is 2.42. The van der Waals surface area contributed by atoms with E-state index < -0.39 is 0 Å². The molecule has 3 heterocycles. The lowest BCUT2D eigenvalue weighted by Crippen LogP contribution is -2.49. The summed E-state index contributed by atoms with van der Waals surface area (Å²) in [5, 5.41) is 2.42. The number of para-hydroxylation sites is 3. The van der Waals surface area contributed by atoms with Crippen molar-refractivity contribution in [1.29, 1.82) is 0 Å². The van der Waals surface area contributed by atoms with Gasteiger partial charge in [-0.3, -0.25) is 0 Å². The molecule has 3 aromatic carbocycles. The third-order valence-corrected chi connectivity index (χ3v) is 7.34. The van der Waals surface area contributed by atoms with Crippen molar-refractivity contribution in [2.24, 2.45) is 0 Å². The first-order valence-corrected chi connectivity index (χ1v) is 12.4. The van der Waals surface area contributed by atoms with Crippen molar-refractivity contribution in [3.05, 3.63) is 102 Å². The number of H-pyrrole nitrogens is 2. The summed E-state index contributed by atoms with van der Waals surface area (Å²) in [4.78, 5) is 22.6. The lowest BCUT2D eigenvalue weighted by Gasteiger charge is -2.45. The monoisotopic (exact) mass is 463 g/mol. The molecule has 0 spiro atoms. The molecule has 2 aromatic heterocycles. The van der Waals surface area contributed by atoms with Crippen molar-refractivity contribution < 1.29 is 9.53 Å². The van der Waals surface area contributed by atoms with Crippen molar-refractivity contribution in [3.63, 3.8) is 0 Å². The normalized spacial score (nSPS) is 20.4. The van der Waals surface area contributed by atoms with Crippen LogP contribution in [-0.2, 0) is 9.53 Å². The number of carbonyl (C=O) groups excluding carboxylic acids is 1. The molecule has 6 rings (SSSR count). The third-order valence-electron chi connectivity index (χ3n) is 7.34. The van der Waals surface area contributed by atoms with Gasteiger partial charge in [0.15, 0.2) is 0 Å². The molecule has 5 nitrogen and oxygen atoms in total. The van der Waals surface area contributed by atoms with Crippen LogP contribution in [0.25, 0.3) is 21.8 Å². The Morgan fingerprint density at radius 1 is 0.829 bits per heavy atom. The van der Waals surface area contributed by atoms with Gasteiger partial charge < -0.3 is 19.6 Å². The lowest BCUT2D eigenvalue weighted by molar-refractivity contribution is -0.145. The van der Waals surface area contributed by atoms with E-state index in [4.69, 9.17) is 4.74 Å². The third kappa shape index (κ3) is 3.77. The number of anilines is 1. The zero-order valence-corrected chi connectivity index (χ0v) is 19.8. The number of rotatable bonds is 5. The van der Waals surface area contributed by atoms with Gasteiger partial charge >= 0.3 is 5.97 Å². The maximum atomic E-state index is 13.5. The van der Waals surface area contributed by atoms with Crippen molar-refractivity contribution in [2.45, 2.75) is 37.8 Å². The first kappa shape index (κ1) is 21.5. The maximum Gasteiger partial charge on any atom is 0.328 e. The number of aromatic amines is 2. The molecule has 0 aliphatic carbocycles. The van der Waals surface area contributed by atoms with Gasteiger partial charge in [-0.1, -0.05) is 54.6 Å². The van der Waals surface area contributed by atoms with Crippen LogP contribution in [0.15, 0.2) is 91.3 Å². The molecule has 1 aliphatic heterocycles. The number of nitrogens with one attached hydrogen (secondary N) is 2. The minimum absolute atomic E-state index is 0.00960. The van der Waals surface area contributed by atoms with Gasteiger partial charge in [-0.2, -0.15) is 0 Å². The fraction of sp³-hybridized carbons (Fsp3) is 0.233. The second-order valence-electron chi connectivity index (χ2n) is 9.27. The van der Waals surface area contributed by atoms with Crippen LogP contribution >= 0.6 is 0 Å². The predicted molar refractivity (Wildman–Crippen MR) is 141 cm³/mol. The molecule has 1 aliphatic rings. The summed E-state index contributed by atoms with van der Waals surface area (Å²) in [6, 6.07) is 26.7. The van der Waals surface area contributed by atoms with Gasteiger partial charge in [0.2, 0.25) is 0 Å². The topological polar surface area (TPSA) is 61.1 Å². The van der Waals surface area contributed by atoms with Gasteiger partial charge in [-0.05, 0) is 61.1 Å². The number of esters is 1. The van der Waals surface area contributed by atoms with E-state index in [1.54, 1.807) is 0 Å². The number of aromatic nitrogens is 2. The second-order valence-corrected chi connectivity index (χ2v) is 9.27. The molecule has 35 heavy (non-hydrogen) atoms. The quantitative estimate of drug-likeness (QED) is 0.285. The van der Waals surface area contributed by atoms with Gasteiger partial charge in [0, 0.05) is 39.9 Å². The van der Waals surface area contributed by atoms with Gasteiger partial charge in [-0.15, -0.1) is 0 Å². The molecule has 0 saturated carbocycles. The van der Waals surface area contributed by atoms with E-state index in [-0.39, 0.29) is 24.0 Å². The number of hydrogen-bond donors (Lipinski definition) is 2. The fourth-order valence-corrected chi connectivity index (χ4v) is 5.82. The number of hydrogen-bond acceptors (Lipinski definition) is 3.